The molecule has 0 aliphatic rings. The molecule has 0 saturated heterocycles. The maximum atomic E-state index is 12.2. The van der Waals surface area contributed by atoms with Gasteiger partial charge in [0.05, 0.1) is 32.0 Å². The van der Waals surface area contributed by atoms with E-state index in [1.807, 2.05) is 0 Å². The summed E-state index contributed by atoms with van der Waals surface area (Å²) in [7, 11) is 4.62. The number of methoxy groups -OCH3 is 3. The van der Waals surface area contributed by atoms with E-state index in [9.17, 15) is 9.59 Å². The highest BCUT2D eigenvalue weighted by Crippen LogP contribution is 2.31. The molecule has 0 bridgehead atoms. The van der Waals surface area contributed by atoms with E-state index in [4.69, 9.17) is 14.2 Å². The Morgan fingerprint density at radius 3 is 2.28 bits per heavy atom. The average Bonchev–Trinajstić information content (AvgIpc) is 2.73. The van der Waals surface area contributed by atoms with Crippen LogP contribution in [0, 0.1) is 0 Å². The van der Waals surface area contributed by atoms with Crippen molar-refractivity contribution < 1.29 is 23.8 Å². The molecule has 0 aliphatic heterocycles. The summed E-state index contributed by atoms with van der Waals surface area (Å²) in [5, 5.41) is 6.55. The maximum Gasteiger partial charge on any atom is 0.262 e. The van der Waals surface area contributed by atoms with E-state index in [1.54, 1.807) is 57.5 Å². The molecule has 0 saturated carbocycles. The smallest absolute Gasteiger partial charge is 0.262 e. The zero-order valence-corrected chi connectivity index (χ0v) is 18.1. The molecule has 0 radical (unpaired) electrons. The lowest BCUT2D eigenvalue weighted by atomic mass is 10.2. The lowest BCUT2D eigenvalue weighted by molar-refractivity contribution is -0.122. The Hall–Kier alpha value is -3.07. The number of amides is 2. The molecule has 9 heteroatoms. The summed E-state index contributed by atoms with van der Waals surface area (Å²) < 4.78 is 16.3. The number of nitrogens with one attached hydrogen (secondary N) is 2. The van der Waals surface area contributed by atoms with Crippen LogP contribution in [-0.2, 0) is 4.79 Å². The maximum absolute atomic E-state index is 12.2. The number of benzene rings is 2. The molecule has 0 spiro atoms. The van der Waals surface area contributed by atoms with E-state index in [0.29, 0.717) is 32.8 Å². The normalized spacial score (nSPS) is 11.6. The molecule has 2 aromatic carbocycles. The van der Waals surface area contributed by atoms with Gasteiger partial charge in [0.2, 0.25) is 0 Å². The molecular weight excluding hydrogens is 442 g/mol. The Morgan fingerprint density at radius 1 is 1.03 bits per heavy atom. The van der Waals surface area contributed by atoms with Gasteiger partial charge in [0, 0.05) is 17.2 Å². The van der Waals surface area contributed by atoms with Gasteiger partial charge in [0.15, 0.2) is 0 Å². The van der Waals surface area contributed by atoms with E-state index in [1.165, 1.54) is 13.3 Å². The van der Waals surface area contributed by atoms with Crippen LogP contribution >= 0.6 is 15.9 Å². The number of hydrogen-bond acceptors (Lipinski definition) is 6. The third kappa shape index (κ3) is 5.95. The fourth-order valence-corrected chi connectivity index (χ4v) is 2.86. The highest BCUT2D eigenvalue weighted by atomic mass is 79.9. The summed E-state index contributed by atoms with van der Waals surface area (Å²) in [5.41, 5.74) is 3.45. The predicted octanol–water partition coefficient (Wildman–Crippen LogP) is 2.74. The van der Waals surface area contributed by atoms with Crippen molar-refractivity contribution in [1.82, 2.24) is 10.7 Å². The Kier molecular flexibility index (Phi) is 8.02. The number of nitrogens with zero attached hydrogens (tertiary/aromatic N) is 1. The van der Waals surface area contributed by atoms with E-state index < -0.39 is 11.9 Å². The van der Waals surface area contributed by atoms with Crippen molar-refractivity contribution in [3.63, 3.8) is 0 Å². The van der Waals surface area contributed by atoms with E-state index in [-0.39, 0.29) is 5.91 Å². The number of carbonyl (C=O) groups excluding carboxylic acids is 2. The first kappa shape index (κ1) is 22.2. The van der Waals surface area contributed by atoms with Crippen molar-refractivity contribution in [3.8, 4) is 17.2 Å². The minimum atomic E-state index is -0.786. The molecule has 2 rings (SSSR count). The van der Waals surface area contributed by atoms with E-state index >= 15 is 0 Å². The minimum absolute atomic E-state index is 0.375. The van der Waals surface area contributed by atoms with Crippen LogP contribution in [0.3, 0.4) is 0 Å². The lowest BCUT2D eigenvalue weighted by Crippen LogP contribution is -2.43. The first-order valence-corrected chi connectivity index (χ1v) is 9.38. The number of rotatable bonds is 8. The quantitative estimate of drug-likeness (QED) is 0.463. The fraction of sp³-hybridized carbons (Fsp3) is 0.250. The Bertz CT molecular complexity index is 900. The molecule has 0 heterocycles. The van der Waals surface area contributed by atoms with Crippen LogP contribution in [0.25, 0.3) is 0 Å². The fourth-order valence-electron chi connectivity index (χ4n) is 2.33. The molecule has 0 aliphatic carbocycles. The number of carbonyl (C=O) groups is 2. The van der Waals surface area contributed by atoms with Crippen molar-refractivity contribution in [2.45, 2.75) is 13.0 Å². The number of hydrogen-bond donors (Lipinski definition) is 2. The second-order valence-electron chi connectivity index (χ2n) is 5.89. The SMILES string of the molecule is COc1ccc(C(=O)NC(C)C(=O)NN=Cc2cc(Br)c(OC)cc2OC)cc1. The summed E-state index contributed by atoms with van der Waals surface area (Å²) in [6, 6.07) is 9.24. The largest absolute Gasteiger partial charge is 0.497 e. The third-order valence-corrected chi connectivity index (χ3v) is 4.60. The second-order valence-corrected chi connectivity index (χ2v) is 6.74. The molecule has 1 atom stereocenters. The number of hydrazone groups is 1. The first-order valence-electron chi connectivity index (χ1n) is 8.59. The van der Waals surface area contributed by atoms with Crippen molar-refractivity contribution >= 4 is 34.0 Å². The van der Waals surface area contributed by atoms with Gasteiger partial charge in [0.1, 0.15) is 23.3 Å². The summed E-state index contributed by atoms with van der Waals surface area (Å²) in [5.74, 6) is 0.943. The predicted molar refractivity (Wildman–Crippen MR) is 113 cm³/mol. The molecular formula is C20H22BrN3O5. The lowest BCUT2D eigenvalue weighted by Gasteiger charge is -2.12. The van der Waals surface area contributed by atoms with Crippen LogP contribution in [0.15, 0.2) is 46.0 Å². The highest BCUT2D eigenvalue weighted by Gasteiger charge is 2.16. The van der Waals surface area contributed by atoms with Gasteiger partial charge in [0.25, 0.3) is 11.8 Å². The average molecular weight is 464 g/mol. The number of halogens is 1. The summed E-state index contributed by atoms with van der Waals surface area (Å²) >= 11 is 3.39. The van der Waals surface area contributed by atoms with E-state index in [0.717, 1.165) is 0 Å². The van der Waals surface area contributed by atoms with Crippen molar-refractivity contribution in [3.05, 3.63) is 52.0 Å². The van der Waals surface area contributed by atoms with Crippen LogP contribution in [0.4, 0.5) is 0 Å². The van der Waals surface area contributed by atoms with Crippen LogP contribution in [0.1, 0.15) is 22.8 Å². The molecule has 29 heavy (non-hydrogen) atoms. The van der Waals surface area contributed by atoms with E-state index in [2.05, 4.69) is 31.8 Å². The molecule has 154 valence electrons. The van der Waals surface area contributed by atoms with Gasteiger partial charge in [-0.2, -0.15) is 5.10 Å². The van der Waals surface area contributed by atoms with Crippen LogP contribution in [-0.4, -0.2) is 45.4 Å². The molecule has 2 amide bonds. The van der Waals surface area contributed by atoms with Crippen LogP contribution < -0.4 is 25.0 Å². The minimum Gasteiger partial charge on any atom is -0.497 e. The zero-order valence-electron chi connectivity index (χ0n) is 16.5. The molecule has 1 unspecified atom stereocenters. The first-order chi connectivity index (χ1) is 13.9. The monoisotopic (exact) mass is 463 g/mol. The standard InChI is InChI=1S/C20H22BrN3O5/c1-12(23-20(26)13-5-7-15(27-2)8-6-13)19(25)24-22-11-14-9-16(21)18(29-4)10-17(14)28-3/h5-12H,1-4H3,(H,23,26)(H,24,25). The van der Waals surface area contributed by atoms with Crippen LogP contribution in [0.2, 0.25) is 0 Å². The van der Waals surface area contributed by atoms with Gasteiger partial charge >= 0.3 is 0 Å². The summed E-state index contributed by atoms with van der Waals surface area (Å²) in [4.78, 5) is 24.4. The highest BCUT2D eigenvalue weighted by molar-refractivity contribution is 9.10. The topological polar surface area (TPSA) is 98.2 Å². The van der Waals surface area contributed by atoms with Gasteiger partial charge in [-0.15, -0.1) is 0 Å². The second kappa shape index (κ2) is 10.5. The van der Waals surface area contributed by atoms with Gasteiger partial charge in [-0.05, 0) is 53.2 Å². The van der Waals surface area contributed by atoms with Gasteiger partial charge in [-0.3, -0.25) is 9.59 Å². The number of ether oxygens (including phenoxy) is 3. The van der Waals surface area contributed by atoms with Crippen molar-refractivity contribution in [1.29, 1.82) is 0 Å². The zero-order chi connectivity index (χ0) is 21.4. The van der Waals surface area contributed by atoms with Gasteiger partial charge in [-0.1, -0.05) is 0 Å². The van der Waals surface area contributed by atoms with Crippen molar-refractivity contribution in [2.24, 2.45) is 5.10 Å². The van der Waals surface area contributed by atoms with Crippen LogP contribution in [0.5, 0.6) is 17.2 Å². The van der Waals surface area contributed by atoms with Gasteiger partial charge in [-0.25, -0.2) is 5.43 Å². The Morgan fingerprint density at radius 2 is 1.69 bits per heavy atom. The van der Waals surface area contributed by atoms with Gasteiger partial charge < -0.3 is 19.5 Å². The summed E-state index contributed by atoms with van der Waals surface area (Å²) in [6.45, 7) is 1.57. The Labute approximate surface area is 177 Å². The third-order valence-electron chi connectivity index (χ3n) is 3.98. The molecule has 0 aromatic heterocycles. The Balaban J connectivity index is 1.97. The molecule has 2 aromatic rings. The summed E-state index contributed by atoms with van der Waals surface area (Å²) in [6.07, 6.45) is 1.44. The molecule has 0 fully saturated rings. The molecule has 8 nitrogen and oxygen atoms in total. The van der Waals surface area contributed by atoms with Crippen molar-refractivity contribution in [2.75, 3.05) is 21.3 Å². The molecule has 2 N–H and O–H groups in total.